The monoisotopic (exact) mass is 236 g/mol. The van der Waals surface area contributed by atoms with E-state index < -0.39 is 29.8 Å². The molecule has 0 saturated carbocycles. The zero-order valence-corrected chi connectivity index (χ0v) is 7.96. The smallest absolute Gasteiger partial charge is 0.374 e. The molecule has 0 atom stereocenters. The minimum Gasteiger partial charge on any atom is -0.477 e. The third kappa shape index (κ3) is 2.71. The molecule has 1 aromatic carbocycles. The summed E-state index contributed by atoms with van der Waals surface area (Å²) in [4.78, 5) is 10.0. The first-order chi connectivity index (χ1) is 7.26. The quantitative estimate of drug-likeness (QED) is 0.816. The molecule has 0 saturated heterocycles. The molecule has 16 heavy (non-hydrogen) atoms. The summed E-state index contributed by atoms with van der Waals surface area (Å²) in [6, 6.07) is 5.93. The number of benzene rings is 1. The molecule has 0 unspecified atom stereocenters. The third-order valence-electron chi connectivity index (χ3n) is 1.95. The Kier molecular flexibility index (Phi) is 3.21. The van der Waals surface area contributed by atoms with Crippen molar-refractivity contribution < 1.29 is 27.5 Å². The number of carbonyl (C=O) groups is 1. The number of carboxylic acids is 1. The molecule has 88 valence electrons. The van der Waals surface area contributed by atoms with Gasteiger partial charge in [-0.05, 0) is 0 Å². The highest BCUT2D eigenvalue weighted by atomic mass is 19.3. The highest BCUT2D eigenvalue weighted by Crippen LogP contribution is 2.38. The van der Waals surface area contributed by atoms with Gasteiger partial charge in [-0.3, -0.25) is 0 Å². The van der Waals surface area contributed by atoms with Gasteiger partial charge in [-0.2, -0.15) is 8.78 Å². The third-order valence-corrected chi connectivity index (χ3v) is 1.95. The van der Waals surface area contributed by atoms with Gasteiger partial charge in [0, 0.05) is 5.56 Å². The van der Waals surface area contributed by atoms with Crippen LogP contribution < -0.4 is 0 Å². The van der Waals surface area contributed by atoms with Crippen molar-refractivity contribution in [3.8, 4) is 0 Å². The van der Waals surface area contributed by atoms with Crippen LogP contribution in [-0.4, -0.2) is 17.0 Å². The second kappa shape index (κ2) is 4.11. The Morgan fingerprint density at radius 3 is 2.06 bits per heavy atom. The van der Waals surface area contributed by atoms with Crippen molar-refractivity contribution in [1.29, 1.82) is 0 Å². The molecule has 1 aromatic rings. The average Bonchev–Trinajstić information content (AvgIpc) is 2.17. The number of hydrogen-bond acceptors (Lipinski definition) is 1. The maximum Gasteiger partial charge on any atom is 0.374 e. The first kappa shape index (κ1) is 12.5. The Balaban J connectivity index is 2.92. The summed E-state index contributed by atoms with van der Waals surface area (Å²) in [7, 11) is 0. The van der Waals surface area contributed by atoms with E-state index in [4.69, 9.17) is 5.11 Å². The zero-order chi connectivity index (χ0) is 12.4. The lowest BCUT2D eigenvalue weighted by Gasteiger charge is -2.20. The van der Waals surface area contributed by atoms with Crippen molar-refractivity contribution in [3.05, 3.63) is 35.9 Å². The number of rotatable bonds is 4. The highest BCUT2D eigenvalue weighted by molar-refractivity contribution is 5.75. The molecule has 0 aromatic heterocycles. The number of carboxylic acid groups (broad SMARTS) is 1. The fraction of sp³-hybridized carbons (Fsp3) is 0.300. The topological polar surface area (TPSA) is 37.3 Å². The Morgan fingerprint density at radius 1 is 1.12 bits per heavy atom. The summed E-state index contributed by atoms with van der Waals surface area (Å²) in [6.45, 7) is 0. The molecule has 0 aliphatic heterocycles. The molecule has 0 heterocycles. The number of hydrogen-bond donors (Lipinski definition) is 1. The molecule has 0 fully saturated rings. The van der Waals surface area contributed by atoms with Crippen LogP contribution in [0.25, 0.3) is 0 Å². The van der Waals surface area contributed by atoms with Crippen LogP contribution in [0.5, 0.6) is 0 Å². The summed E-state index contributed by atoms with van der Waals surface area (Å²) >= 11 is 0. The van der Waals surface area contributed by atoms with Gasteiger partial charge >= 0.3 is 11.9 Å². The largest absolute Gasteiger partial charge is 0.477 e. The van der Waals surface area contributed by atoms with Crippen LogP contribution in [0.1, 0.15) is 12.0 Å². The van der Waals surface area contributed by atoms with E-state index in [-0.39, 0.29) is 0 Å². The summed E-state index contributed by atoms with van der Waals surface area (Å²) in [5.41, 5.74) is -0.629. The minimum atomic E-state index is -4.45. The fourth-order valence-corrected chi connectivity index (χ4v) is 1.14. The average molecular weight is 236 g/mol. The van der Waals surface area contributed by atoms with Gasteiger partial charge in [-0.15, -0.1) is 0 Å². The van der Waals surface area contributed by atoms with Gasteiger partial charge < -0.3 is 5.11 Å². The molecule has 0 spiro atoms. The van der Waals surface area contributed by atoms with E-state index in [9.17, 15) is 22.4 Å². The Hall–Kier alpha value is -1.59. The summed E-state index contributed by atoms with van der Waals surface area (Å²) in [6.07, 6.45) is -2.04. The molecule has 0 bridgehead atoms. The van der Waals surface area contributed by atoms with Gasteiger partial charge in [0.1, 0.15) is 0 Å². The Morgan fingerprint density at radius 2 is 1.62 bits per heavy atom. The zero-order valence-electron chi connectivity index (χ0n) is 7.96. The summed E-state index contributed by atoms with van der Waals surface area (Å²) in [5.74, 6) is -10.9. The van der Waals surface area contributed by atoms with Crippen molar-refractivity contribution in [3.63, 3.8) is 0 Å². The van der Waals surface area contributed by atoms with E-state index in [0.717, 1.165) is 12.1 Å². The molecule has 0 amide bonds. The molecule has 0 radical (unpaired) electrons. The number of halogens is 4. The summed E-state index contributed by atoms with van der Waals surface area (Å²) < 4.78 is 51.8. The first-order valence-electron chi connectivity index (χ1n) is 4.30. The van der Waals surface area contributed by atoms with E-state index in [0.29, 0.717) is 0 Å². The van der Waals surface area contributed by atoms with Crippen LogP contribution in [0.15, 0.2) is 30.3 Å². The van der Waals surface area contributed by atoms with Gasteiger partial charge in [0.2, 0.25) is 0 Å². The van der Waals surface area contributed by atoms with Gasteiger partial charge in [0.25, 0.3) is 5.92 Å². The van der Waals surface area contributed by atoms with Gasteiger partial charge in [-0.25, -0.2) is 13.6 Å². The van der Waals surface area contributed by atoms with Gasteiger partial charge in [0.05, 0.1) is 6.42 Å². The van der Waals surface area contributed by atoms with E-state index >= 15 is 0 Å². The van der Waals surface area contributed by atoms with E-state index in [2.05, 4.69) is 0 Å². The molecule has 2 nitrogen and oxygen atoms in total. The van der Waals surface area contributed by atoms with Gasteiger partial charge in [0.15, 0.2) is 0 Å². The molecule has 1 rings (SSSR count). The van der Waals surface area contributed by atoms with Crippen molar-refractivity contribution in [2.75, 3.05) is 0 Å². The molecular weight excluding hydrogens is 228 g/mol. The predicted octanol–water partition coefficient (Wildman–Crippen LogP) is 2.89. The van der Waals surface area contributed by atoms with Crippen molar-refractivity contribution >= 4 is 5.97 Å². The molecule has 6 heteroatoms. The van der Waals surface area contributed by atoms with Crippen LogP contribution in [-0.2, 0) is 10.7 Å². The van der Waals surface area contributed by atoms with E-state index in [1.54, 1.807) is 0 Å². The normalized spacial score (nSPS) is 12.5. The second-order valence-electron chi connectivity index (χ2n) is 3.26. The lowest BCUT2D eigenvalue weighted by molar-refractivity contribution is -0.179. The molecular formula is C10H8F4O2. The van der Waals surface area contributed by atoms with Crippen molar-refractivity contribution in [1.82, 2.24) is 0 Å². The van der Waals surface area contributed by atoms with Crippen LogP contribution in [0.4, 0.5) is 17.6 Å². The van der Waals surface area contributed by atoms with E-state index in [1.807, 2.05) is 0 Å². The molecule has 0 aliphatic carbocycles. The van der Waals surface area contributed by atoms with Gasteiger partial charge in [-0.1, -0.05) is 30.3 Å². The lowest BCUT2D eigenvalue weighted by atomic mass is 10.0. The Bertz CT molecular complexity index is 376. The standard InChI is InChI=1S/C10H8F4O2/c11-9(12,6-10(13,14)8(15)16)7-4-2-1-3-5-7/h1-5H,6H2,(H,15,16). The molecule has 0 aliphatic rings. The predicted molar refractivity (Wildman–Crippen MR) is 47.5 cm³/mol. The van der Waals surface area contributed by atoms with Crippen molar-refractivity contribution in [2.24, 2.45) is 0 Å². The summed E-state index contributed by atoms with van der Waals surface area (Å²) in [5, 5.41) is 8.07. The first-order valence-corrected chi connectivity index (χ1v) is 4.30. The fourth-order valence-electron chi connectivity index (χ4n) is 1.14. The number of alkyl halides is 4. The SMILES string of the molecule is O=C(O)C(F)(F)CC(F)(F)c1ccccc1. The highest BCUT2D eigenvalue weighted by Gasteiger charge is 2.49. The van der Waals surface area contributed by atoms with Crippen LogP contribution in [0, 0.1) is 0 Å². The lowest BCUT2D eigenvalue weighted by Crippen LogP contribution is -2.34. The maximum atomic E-state index is 13.3. The molecule has 1 N–H and O–H groups in total. The van der Waals surface area contributed by atoms with Crippen LogP contribution >= 0.6 is 0 Å². The van der Waals surface area contributed by atoms with Crippen LogP contribution in [0.3, 0.4) is 0 Å². The van der Waals surface area contributed by atoms with E-state index in [1.165, 1.54) is 18.2 Å². The Labute approximate surface area is 88.5 Å². The minimum absolute atomic E-state index is 0.629. The van der Waals surface area contributed by atoms with Crippen LogP contribution in [0.2, 0.25) is 0 Å². The van der Waals surface area contributed by atoms with Crippen molar-refractivity contribution in [2.45, 2.75) is 18.3 Å². The number of aliphatic carboxylic acids is 1. The second-order valence-corrected chi connectivity index (χ2v) is 3.26. The maximum absolute atomic E-state index is 13.3.